The highest BCUT2D eigenvalue weighted by Gasteiger charge is 1.80. The average molecular weight is 190 g/mol. The fourth-order valence-corrected chi connectivity index (χ4v) is 0.677. The number of hydrogen-bond donors (Lipinski definition) is 0. The highest BCUT2D eigenvalue weighted by Crippen LogP contribution is 2.00. The number of hydrogen-bond acceptors (Lipinski definition) is 0. The summed E-state index contributed by atoms with van der Waals surface area (Å²) in [5, 5.41) is 0. The molecular weight excluding hydrogens is 156 g/mol. The topological polar surface area (TPSA) is 0 Å². The Morgan fingerprint density at radius 1 is 0.615 bits per heavy atom. The molecule has 0 nitrogen and oxygen atoms in total. The van der Waals surface area contributed by atoms with Gasteiger partial charge in [0.25, 0.3) is 0 Å². The molecule has 0 saturated heterocycles. The van der Waals surface area contributed by atoms with Crippen LogP contribution in [0.1, 0.15) is 87.5 Å². The summed E-state index contributed by atoms with van der Waals surface area (Å²) in [5.41, 5.74) is 0. The van der Waals surface area contributed by atoms with Crippen LogP contribution in [0.5, 0.6) is 0 Å². The Labute approximate surface area is 88.1 Å². The Bertz CT molecular complexity index is 27.0. The standard InChI is InChI=1S/C7H16.C3H8.C2H6.CH4/c1-3-5-7-6-4-2;1-3-2;1-2;/h3-7H2,1-2H3;3H2,1-2H3;1-2H3;1H4. The van der Waals surface area contributed by atoms with Crippen molar-refractivity contribution in [3.8, 4) is 0 Å². The van der Waals surface area contributed by atoms with E-state index < -0.39 is 0 Å². The van der Waals surface area contributed by atoms with Crippen LogP contribution in [0.25, 0.3) is 0 Å². The van der Waals surface area contributed by atoms with Crippen molar-refractivity contribution in [3.63, 3.8) is 0 Å². The highest BCUT2D eigenvalue weighted by atomic mass is 13.9. The van der Waals surface area contributed by atoms with Crippen molar-refractivity contribution in [2.75, 3.05) is 0 Å². The van der Waals surface area contributed by atoms with Crippen LogP contribution in [0.3, 0.4) is 0 Å². The van der Waals surface area contributed by atoms with Gasteiger partial charge in [-0.05, 0) is 0 Å². The minimum absolute atomic E-state index is 0. The first-order valence-corrected chi connectivity index (χ1v) is 5.83. The van der Waals surface area contributed by atoms with Gasteiger partial charge in [-0.25, -0.2) is 0 Å². The third kappa shape index (κ3) is 75.0. The zero-order valence-corrected chi connectivity index (χ0v) is 10.2. The Balaban J connectivity index is -0.0000000581. The van der Waals surface area contributed by atoms with Crippen LogP contribution in [0.2, 0.25) is 0 Å². The second kappa shape index (κ2) is 40.3. The quantitative estimate of drug-likeness (QED) is 0.473. The molecule has 0 amide bonds. The van der Waals surface area contributed by atoms with Gasteiger partial charge in [-0.15, -0.1) is 0 Å². The summed E-state index contributed by atoms with van der Waals surface area (Å²) in [5.74, 6) is 0. The van der Waals surface area contributed by atoms with E-state index in [0.717, 1.165) is 0 Å². The summed E-state index contributed by atoms with van der Waals surface area (Å²) in [4.78, 5) is 0. The Hall–Kier alpha value is 0. The number of unbranched alkanes of at least 4 members (excludes halogenated alkanes) is 4. The molecule has 0 aromatic heterocycles. The first-order chi connectivity index (χ1) is 5.83. The molecule has 0 unspecified atom stereocenters. The van der Waals surface area contributed by atoms with Gasteiger partial charge >= 0.3 is 0 Å². The van der Waals surface area contributed by atoms with E-state index in [0.29, 0.717) is 0 Å². The van der Waals surface area contributed by atoms with Gasteiger partial charge in [0.2, 0.25) is 0 Å². The summed E-state index contributed by atoms with van der Waals surface area (Å²) in [6, 6.07) is 0. The third-order valence-electron chi connectivity index (χ3n) is 1.21. The van der Waals surface area contributed by atoms with Gasteiger partial charge in [0.1, 0.15) is 0 Å². The molecule has 0 atom stereocenters. The van der Waals surface area contributed by atoms with Crippen LogP contribution >= 0.6 is 0 Å². The molecule has 0 bridgehead atoms. The normalized spacial score (nSPS) is 6.92. The maximum absolute atomic E-state index is 2.25. The molecule has 0 fully saturated rings. The lowest BCUT2D eigenvalue weighted by Gasteiger charge is -1.90. The predicted molar refractivity (Wildman–Crippen MR) is 68.5 cm³/mol. The molecule has 86 valence electrons. The maximum atomic E-state index is 2.25. The van der Waals surface area contributed by atoms with E-state index >= 15 is 0 Å². The smallest absolute Gasteiger partial charge is 0.0533 e. The van der Waals surface area contributed by atoms with Gasteiger partial charge in [-0.2, -0.15) is 0 Å². The van der Waals surface area contributed by atoms with Crippen molar-refractivity contribution < 1.29 is 0 Å². The van der Waals surface area contributed by atoms with Gasteiger partial charge in [0, 0.05) is 0 Å². The first kappa shape index (κ1) is 23.1. The van der Waals surface area contributed by atoms with E-state index in [1.54, 1.807) is 0 Å². The van der Waals surface area contributed by atoms with Crippen LogP contribution in [0.4, 0.5) is 0 Å². The van der Waals surface area contributed by atoms with Crippen LogP contribution in [0.15, 0.2) is 0 Å². The third-order valence-corrected chi connectivity index (χ3v) is 1.21. The molecule has 0 aromatic rings. The van der Waals surface area contributed by atoms with Crippen molar-refractivity contribution in [2.45, 2.75) is 87.5 Å². The molecule has 0 N–H and O–H groups in total. The summed E-state index contributed by atoms with van der Waals surface area (Å²) in [6.45, 7) is 12.7. The minimum Gasteiger partial charge on any atom is -0.0776 e. The average Bonchev–Trinajstić information content (AvgIpc) is 2.11. The maximum Gasteiger partial charge on any atom is -0.0533 e. The van der Waals surface area contributed by atoms with Crippen molar-refractivity contribution >= 4 is 0 Å². The van der Waals surface area contributed by atoms with Crippen molar-refractivity contribution in [3.05, 3.63) is 0 Å². The number of rotatable bonds is 4. The van der Waals surface area contributed by atoms with Gasteiger partial charge in [-0.1, -0.05) is 87.5 Å². The molecule has 0 heterocycles. The molecule has 0 aliphatic carbocycles. The van der Waals surface area contributed by atoms with Gasteiger partial charge < -0.3 is 0 Å². The van der Waals surface area contributed by atoms with E-state index in [1.165, 1.54) is 38.5 Å². The Kier molecular flexibility index (Phi) is 71.7. The zero-order valence-electron chi connectivity index (χ0n) is 10.2. The van der Waals surface area contributed by atoms with E-state index in [4.69, 9.17) is 0 Å². The Morgan fingerprint density at radius 3 is 1.00 bits per heavy atom. The second-order valence-electron chi connectivity index (χ2n) is 2.77. The molecule has 0 aliphatic heterocycles. The lowest BCUT2D eigenvalue weighted by atomic mass is 10.2. The molecule has 13 heavy (non-hydrogen) atoms. The summed E-state index contributed by atoms with van der Waals surface area (Å²) in [6.07, 6.45) is 8.26. The molecule has 0 aliphatic rings. The SMILES string of the molecule is C.CC.CCC.CCCCCCC. The highest BCUT2D eigenvalue weighted by molar-refractivity contribution is 4.35. The van der Waals surface area contributed by atoms with Crippen molar-refractivity contribution in [1.82, 2.24) is 0 Å². The second-order valence-corrected chi connectivity index (χ2v) is 2.77. The fraction of sp³-hybridized carbons (Fsp3) is 1.00. The monoisotopic (exact) mass is 190 g/mol. The minimum atomic E-state index is 0. The van der Waals surface area contributed by atoms with E-state index in [2.05, 4.69) is 27.7 Å². The van der Waals surface area contributed by atoms with Crippen LogP contribution in [-0.2, 0) is 0 Å². The first-order valence-electron chi connectivity index (χ1n) is 5.83. The van der Waals surface area contributed by atoms with E-state index in [-0.39, 0.29) is 7.43 Å². The van der Waals surface area contributed by atoms with E-state index in [1.807, 2.05) is 13.8 Å². The van der Waals surface area contributed by atoms with Crippen molar-refractivity contribution in [1.29, 1.82) is 0 Å². The molecular formula is C13H34. The predicted octanol–water partition coefficient (Wildman–Crippen LogP) is 6.06. The Morgan fingerprint density at radius 2 is 0.846 bits per heavy atom. The van der Waals surface area contributed by atoms with Crippen molar-refractivity contribution in [2.24, 2.45) is 0 Å². The summed E-state index contributed by atoms with van der Waals surface area (Å²) < 4.78 is 0. The molecule has 0 heteroatoms. The van der Waals surface area contributed by atoms with Gasteiger partial charge in [-0.3, -0.25) is 0 Å². The lowest BCUT2D eigenvalue weighted by molar-refractivity contribution is 0.656. The summed E-state index contributed by atoms with van der Waals surface area (Å²) >= 11 is 0. The van der Waals surface area contributed by atoms with Crippen LogP contribution in [0, 0.1) is 0 Å². The molecule has 0 spiro atoms. The summed E-state index contributed by atoms with van der Waals surface area (Å²) in [7, 11) is 0. The zero-order chi connectivity index (χ0) is 10.2. The fourth-order valence-electron chi connectivity index (χ4n) is 0.677. The molecule has 0 radical (unpaired) electrons. The van der Waals surface area contributed by atoms with Crippen LogP contribution in [-0.4, -0.2) is 0 Å². The van der Waals surface area contributed by atoms with Crippen LogP contribution < -0.4 is 0 Å². The molecule has 0 saturated carbocycles. The largest absolute Gasteiger partial charge is 0.0776 e. The van der Waals surface area contributed by atoms with Gasteiger partial charge in [0.05, 0.1) is 0 Å². The molecule has 0 rings (SSSR count). The lowest BCUT2D eigenvalue weighted by Crippen LogP contribution is -1.70. The van der Waals surface area contributed by atoms with E-state index in [9.17, 15) is 0 Å². The molecule has 0 aromatic carbocycles. The van der Waals surface area contributed by atoms with Gasteiger partial charge in [0.15, 0.2) is 0 Å².